The molecule has 2 heterocycles. The minimum absolute atomic E-state index is 0.0507. The highest BCUT2D eigenvalue weighted by Gasteiger charge is 2.42. The van der Waals surface area contributed by atoms with E-state index in [4.69, 9.17) is 0 Å². The monoisotopic (exact) mass is 246 g/mol. The number of ketones is 1. The lowest BCUT2D eigenvalue weighted by Gasteiger charge is -2.30. The molecule has 1 amide bonds. The minimum atomic E-state index is -0.633. The second kappa shape index (κ2) is 4.88. The van der Waals surface area contributed by atoms with Crippen LogP contribution in [0.5, 0.6) is 0 Å². The molecular formula is C14H18N2O2. The van der Waals surface area contributed by atoms with E-state index in [2.05, 4.69) is 4.98 Å². The number of aromatic nitrogens is 1. The Kier molecular flexibility index (Phi) is 3.45. The van der Waals surface area contributed by atoms with Crippen LogP contribution >= 0.6 is 0 Å². The van der Waals surface area contributed by atoms with Crippen molar-refractivity contribution in [3.63, 3.8) is 0 Å². The predicted molar refractivity (Wildman–Crippen MR) is 68.0 cm³/mol. The van der Waals surface area contributed by atoms with Crippen LogP contribution in [0.2, 0.25) is 0 Å². The number of likely N-dealkylation sites (tertiary alicyclic amines) is 1. The molecule has 0 aromatic carbocycles. The molecule has 0 N–H and O–H groups in total. The van der Waals surface area contributed by atoms with E-state index in [0.717, 1.165) is 5.56 Å². The van der Waals surface area contributed by atoms with Crippen LogP contribution in [0.25, 0.3) is 0 Å². The Labute approximate surface area is 107 Å². The molecule has 1 aliphatic heterocycles. The van der Waals surface area contributed by atoms with E-state index in [9.17, 15) is 9.59 Å². The van der Waals surface area contributed by atoms with Gasteiger partial charge in [-0.15, -0.1) is 0 Å². The fourth-order valence-corrected chi connectivity index (χ4v) is 2.32. The number of carbonyl (C=O) groups excluding carboxylic acids is 2. The van der Waals surface area contributed by atoms with Crippen molar-refractivity contribution in [3.8, 4) is 0 Å². The summed E-state index contributed by atoms with van der Waals surface area (Å²) in [6.07, 6.45) is 5.07. The maximum absolute atomic E-state index is 12.1. The van der Waals surface area contributed by atoms with Crippen molar-refractivity contribution in [1.29, 1.82) is 0 Å². The molecule has 0 saturated carbocycles. The number of aryl methyl sites for hydroxylation is 1. The molecule has 4 nitrogen and oxygen atoms in total. The van der Waals surface area contributed by atoms with Gasteiger partial charge in [-0.1, -0.05) is 6.07 Å². The largest absolute Gasteiger partial charge is 0.330 e. The molecule has 4 heteroatoms. The predicted octanol–water partition coefficient (Wildman–Crippen LogP) is 1.59. The normalized spacial score (nSPS) is 18.1. The Morgan fingerprint density at radius 3 is 2.83 bits per heavy atom. The number of pyridine rings is 1. The highest BCUT2D eigenvalue weighted by Crippen LogP contribution is 2.25. The third kappa shape index (κ3) is 2.42. The van der Waals surface area contributed by atoms with Crippen LogP contribution in [0.3, 0.4) is 0 Å². The molecule has 1 aromatic rings. The minimum Gasteiger partial charge on any atom is -0.330 e. The van der Waals surface area contributed by atoms with Gasteiger partial charge in [0.05, 0.1) is 5.54 Å². The van der Waals surface area contributed by atoms with Crippen molar-refractivity contribution in [3.05, 3.63) is 30.1 Å². The van der Waals surface area contributed by atoms with Gasteiger partial charge in [0.2, 0.25) is 5.91 Å². The van der Waals surface area contributed by atoms with Gasteiger partial charge in [0.15, 0.2) is 5.78 Å². The molecule has 1 aliphatic rings. The number of rotatable bonds is 3. The van der Waals surface area contributed by atoms with Crippen LogP contribution in [0, 0.1) is 0 Å². The Bertz CT molecular complexity index is 454. The summed E-state index contributed by atoms with van der Waals surface area (Å²) in [5.41, 5.74) is 0.417. The molecule has 1 saturated heterocycles. The van der Waals surface area contributed by atoms with E-state index < -0.39 is 5.54 Å². The van der Waals surface area contributed by atoms with Crippen molar-refractivity contribution in [2.45, 2.75) is 38.6 Å². The number of amides is 1. The van der Waals surface area contributed by atoms with Crippen LogP contribution in [0.15, 0.2) is 24.5 Å². The van der Waals surface area contributed by atoms with Gasteiger partial charge >= 0.3 is 0 Å². The first-order valence-electron chi connectivity index (χ1n) is 6.24. The van der Waals surface area contributed by atoms with Gasteiger partial charge in [0, 0.05) is 31.8 Å². The van der Waals surface area contributed by atoms with E-state index in [1.807, 2.05) is 26.0 Å². The van der Waals surface area contributed by atoms with Gasteiger partial charge in [0.25, 0.3) is 0 Å². The molecule has 18 heavy (non-hydrogen) atoms. The highest BCUT2D eigenvalue weighted by atomic mass is 16.2. The van der Waals surface area contributed by atoms with Gasteiger partial charge in [-0.05, 0) is 31.9 Å². The summed E-state index contributed by atoms with van der Waals surface area (Å²) in [6, 6.07) is 3.82. The zero-order chi connectivity index (χ0) is 13.2. The van der Waals surface area contributed by atoms with Crippen LogP contribution < -0.4 is 0 Å². The lowest BCUT2D eigenvalue weighted by atomic mass is 10.00. The van der Waals surface area contributed by atoms with Crippen LogP contribution in [-0.4, -0.2) is 33.7 Å². The summed E-state index contributed by atoms with van der Waals surface area (Å²) in [5, 5.41) is 0. The summed E-state index contributed by atoms with van der Waals surface area (Å²) in [4.78, 5) is 29.5. The SMILES string of the molecule is CC1(C)C(=O)CCN1C(=O)CCc1cccnc1. The van der Waals surface area contributed by atoms with E-state index in [-0.39, 0.29) is 11.7 Å². The number of hydrogen-bond donors (Lipinski definition) is 0. The van der Waals surface area contributed by atoms with Crippen LogP contribution in [0.4, 0.5) is 0 Å². The van der Waals surface area contributed by atoms with Crippen molar-refractivity contribution < 1.29 is 9.59 Å². The average molecular weight is 246 g/mol. The molecule has 0 spiro atoms. The summed E-state index contributed by atoms with van der Waals surface area (Å²) in [5.74, 6) is 0.201. The molecular weight excluding hydrogens is 228 g/mol. The number of hydrogen-bond acceptors (Lipinski definition) is 3. The Balaban J connectivity index is 1.95. The average Bonchev–Trinajstić information content (AvgIpc) is 2.63. The van der Waals surface area contributed by atoms with Crippen LogP contribution in [-0.2, 0) is 16.0 Å². The summed E-state index contributed by atoms with van der Waals surface area (Å²) < 4.78 is 0. The van der Waals surface area contributed by atoms with E-state index in [1.165, 1.54) is 0 Å². The van der Waals surface area contributed by atoms with Gasteiger partial charge in [-0.2, -0.15) is 0 Å². The van der Waals surface area contributed by atoms with E-state index in [1.54, 1.807) is 17.3 Å². The van der Waals surface area contributed by atoms with E-state index in [0.29, 0.717) is 25.8 Å². The zero-order valence-corrected chi connectivity index (χ0v) is 10.8. The summed E-state index contributed by atoms with van der Waals surface area (Å²) in [7, 11) is 0. The molecule has 0 bridgehead atoms. The number of nitrogens with zero attached hydrogens (tertiary/aromatic N) is 2. The fraction of sp³-hybridized carbons (Fsp3) is 0.500. The molecule has 96 valence electrons. The van der Waals surface area contributed by atoms with Gasteiger partial charge in [-0.25, -0.2) is 0 Å². The number of Topliss-reactive ketones (excluding diaryl/α,β-unsaturated/α-hetero) is 1. The Hall–Kier alpha value is -1.71. The zero-order valence-electron chi connectivity index (χ0n) is 10.8. The Morgan fingerprint density at radius 2 is 2.28 bits per heavy atom. The first-order chi connectivity index (χ1) is 8.51. The second-order valence-electron chi connectivity index (χ2n) is 5.14. The van der Waals surface area contributed by atoms with Crippen molar-refractivity contribution in [2.75, 3.05) is 6.54 Å². The third-order valence-corrected chi connectivity index (χ3v) is 3.57. The maximum atomic E-state index is 12.1. The number of carbonyl (C=O) groups is 2. The standard InChI is InChI=1S/C14H18N2O2/c1-14(2)12(17)7-9-16(14)13(18)6-5-11-4-3-8-15-10-11/h3-4,8,10H,5-7,9H2,1-2H3. The highest BCUT2D eigenvalue weighted by molar-refractivity contribution is 5.95. The first kappa shape index (κ1) is 12.7. The second-order valence-corrected chi connectivity index (χ2v) is 5.14. The van der Waals surface area contributed by atoms with Crippen molar-refractivity contribution in [1.82, 2.24) is 9.88 Å². The summed E-state index contributed by atoms with van der Waals surface area (Å²) >= 11 is 0. The van der Waals surface area contributed by atoms with E-state index >= 15 is 0 Å². The topological polar surface area (TPSA) is 50.3 Å². The van der Waals surface area contributed by atoms with Crippen molar-refractivity contribution in [2.24, 2.45) is 0 Å². The molecule has 0 aliphatic carbocycles. The van der Waals surface area contributed by atoms with Crippen molar-refractivity contribution >= 4 is 11.7 Å². The van der Waals surface area contributed by atoms with Gasteiger partial charge in [-0.3, -0.25) is 14.6 Å². The first-order valence-corrected chi connectivity index (χ1v) is 6.24. The third-order valence-electron chi connectivity index (χ3n) is 3.57. The molecule has 1 fully saturated rings. The molecule has 2 rings (SSSR count). The summed E-state index contributed by atoms with van der Waals surface area (Å²) in [6.45, 7) is 4.20. The lowest BCUT2D eigenvalue weighted by Crippen LogP contribution is -2.46. The molecule has 0 atom stereocenters. The van der Waals surface area contributed by atoms with Crippen LogP contribution in [0.1, 0.15) is 32.3 Å². The molecule has 1 aromatic heterocycles. The molecule has 0 unspecified atom stereocenters. The lowest BCUT2D eigenvalue weighted by molar-refractivity contribution is -0.138. The maximum Gasteiger partial charge on any atom is 0.223 e. The Morgan fingerprint density at radius 1 is 1.50 bits per heavy atom. The molecule has 0 radical (unpaired) electrons. The van der Waals surface area contributed by atoms with Gasteiger partial charge in [0.1, 0.15) is 0 Å². The van der Waals surface area contributed by atoms with Gasteiger partial charge < -0.3 is 4.90 Å². The quantitative estimate of drug-likeness (QED) is 0.814. The fourth-order valence-electron chi connectivity index (χ4n) is 2.32. The smallest absolute Gasteiger partial charge is 0.223 e.